The molecule has 180 valence electrons. The second kappa shape index (κ2) is 10.9. The molecule has 2 aromatic heterocycles. The number of aryl methyl sites for hydroxylation is 2. The summed E-state index contributed by atoms with van der Waals surface area (Å²) in [6.07, 6.45) is 3.42. The molecular formula is C27H29N5O3. The first-order valence-electron chi connectivity index (χ1n) is 11.4. The molecule has 0 aliphatic heterocycles. The predicted octanol–water partition coefficient (Wildman–Crippen LogP) is 3.70. The van der Waals surface area contributed by atoms with E-state index in [4.69, 9.17) is 0 Å². The zero-order chi connectivity index (χ0) is 24.8. The van der Waals surface area contributed by atoms with E-state index in [1.807, 2.05) is 68.4 Å². The van der Waals surface area contributed by atoms with Crippen LogP contribution in [0.1, 0.15) is 44.8 Å². The van der Waals surface area contributed by atoms with Crippen molar-refractivity contribution in [3.05, 3.63) is 101 Å². The van der Waals surface area contributed by atoms with E-state index in [9.17, 15) is 15.0 Å². The topological polar surface area (TPSA) is 123 Å². The Hall–Kier alpha value is -4.01. The van der Waals surface area contributed by atoms with Gasteiger partial charge >= 0.3 is 0 Å². The van der Waals surface area contributed by atoms with Gasteiger partial charge in [0.2, 0.25) is 5.95 Å². The minimum Gasteiger partial charge on any atom is -0.394 e. The van der Waals surface area contributed by atoms with Crippen LogP contribution in [-0.4, -0.2) is 44.3 Å². The monoisotopic (exact) mass is 471 g/mol. The quantitative estimate of drug-likeness (QED) is 0.254. The maximum Gasteiger partial charge on any atom is 0.268 e. The van der Waals surface area contributed by atoms with Crippen molar-refractivity contribution >= 4 is 11.9 Å². The molecule has 35 heavy (non-hydrogen) atoms. The number of aromatic nitrogens is 3. The minimum atomic E-state index is -0.515. The van der Waals surface area contributed by atoms with Gasteiger partial charge in [-0.2, -0.15) is 0 Å². The second-order valence-electron chi connectivity index (χ2n) is 8.44. The number of carbonyl (C=O) groups excluding carboxylic acids is 1. The van der Waals surface area contributed by atoms with Gasteiger partial charge in [0.15, 0.2) is 0 Å². The average Bonchev–Trinajstić information content (AvgIpc) is 3.37. The number of nitrogens with one attached hydrogen (secondary N) is 3. The van der Waals surface area contributed by atoms with Crippen molar-refractivity contribution in [1.82, 2.24) is 20.3 Å². The zero-order valence-corrected chi connectivity index (χ0v) is 19.7. The largest absolute Gasteiger partial charge is 0.394 e. The maximum absolute atomic E-state index is 12.9. The Kier molecular flexibility index (Phi) is 7.54. The Morgan fingerprint density at radius 1 is 0.971 bits per heavy atom. The highest BCUT2D eigenvalue weighted by molar-refractivity contribution is 5.94. The highest BCUT2D eigenvalue weighted by Crippen LogP contribution is 2.25. The number of anilines is 1. The third-order valence-corrected chi connectivity index (χ3v) is 5.79. The van der Waals surface area contributed by atoms with Crippen molar-refractivity contribution in [2.24, 2.45) is 0 Å². The Bertz CT molecular complexity index is 1290. The van der Waals surface area contributed by atoms with Gasteiger partial charge in [-0.15, -0.1) is 0 Å². The number of hydrogen-bond acceptors (Lipinski definition) is 6. The number of aliphatic hydroxyl groups excluding tert-OH is 2. The SMILES string of the molecule is Cc1cccc(C(CO)NC(=O)c2cc(-c3nc(NC(CO)c4ccccc4)ncc3C)c[nH]2)c1. The smallest absolute Gasteiger partial charge is 0.268 e. The highest BCUT2D eigenvalue weighted by Gasteiger charge is 2.18. The first-order valence-corrected chi connectivity index (χ1v) is 11.4. The van der Waals surface area contributed by atoms with Crippen LogP contribution in [0, 0.1) is 13.8 Å². The van der Waals surface area contributed by atoms with Gasteiger partial charge in [0.1, 0.15) is 5.69 Å². The molecule has 0 spiro atoms. The van der Waals surface area contributed by atoms with Crippen LogP contribution >= 0.6 is 0 Å². The summed E-state index contributed by atoms with van der Waals surface area (Å²) >= 11 is 0. The molecule has 0 aliphatic rings. The van der Waals surface area contributed by atoms with Gasteiger partial charge in [0.05, 0.1) is 31.0 Å². The highest BCUT2D eigenvalue weighted by atomic mass is 16.3. The molecule has 0 aliphatic carbocycles. The van der Waals surface area contributed by atoms with Crippen LogP contribution < -0.4 is 10.6 Å². The zero-order valence-electron chi connectivity index (χ0n) is 19.7. The molecule has 0 bridgehead atoms. The van der Waals surface area contributed by atoms with E-state index in [1.165, 1.54) is 0 Å². The fourth-order valence-electron chi connectivity index (χ4n) is 3.90. The van der Waals surface area contributed by atoms with Gasteiger partial charge in [-0.25, -0.2) is 9.97 Å². The van der Waals surface area contributed by atoms with Crippen molar-refractivity contribution in [3.8, 4) is 11.3 Å². The van der Waals surface area contributed by atoms with Crippen molar-refractivity contribution in [1.29, 1.82) is 0 Å². The number of aliphatic hydroxyl groups is 2. The van der Waals surface area contributed by atoms with Crippen LogP contribution in [0.5, 0.6) is 0 Å². The van der Waals surface area contributed by atoms with Gasteiger partial charge in [-0.3, -0.25) is 4.79 Å². The molecule has 8 nitrogen and oxygen atoms in total. The molecule has 2 heterocycles. The fraction of sp³-hybridized carbons (Fsp3) is 0.222. The van der Waals surface area contributed by atoms with Gasteiger partial charge in [0.25, 0.3) is 5.91 Å². The van der Waals surface area contributed by atoms with Crippen molar-refractivity contribution in [2.45, 2.75) is 25.9 Å². The lowest BCUT2D eigenvalue weighted by Crippen LogP contribution is -2.31. The Balaban J connectivity index is 1.52. The van der Waals surface area contributed by atoms with Crippen molar-refractivity contribution in [3.63, 3.8) is 0 Å². The van der Waals surface area contributed by atoms with E-state index >= 15 is 0 Å². The average molecular weight is 472 g/mol. The fourth-order valence-corrected chi connectivity index (χ4v) is 3.90. The van der Waals surface area contributed by atoms with Crippen LogP contribution in [-0.2, 0) is 0 Å². The number of hydrogen-bond donors (Lipinski definition) is 5. The summed E-state index contributed by atoms with van der Waals surface area (Å²) in [7, 11) is 0. The number of aromatic amines is 1. The Morgan fingerprint density at radius 3 is 2.43 bits per heavy atom. The first kappa shape index (κ1) is 24.1. The van der Waals surface area contributed by atoms with Crippen LogP contribution in [0.25, 0.3) is 11.3 Å². The molecule has 2 aromatic carbocycles. The molecule has 2 unspecified atom stereocenters. The number of benzene rings is 2. The van der Waals surface area contributed by atoms with E-state index in [0.29, 0.717) is 17.3 Å². The third kappa shape index (κ3) is 5.74. The molecule has 4 aromatic rings. The van der Waals surface area contributed by atoms with Gasteiger partial charge in [0, 0.05) is 18.0 Å². The summed E-state index contributed by atoms with van der Waals surface area (Å²) < 4.78 is 0. The third-order valence-electron chi connectivity index (χ3n) is 5.79. The molecule has 0 radical (unpaired) electrons. The van der Waals surface area contributed by atoms with Crippen LogP contribution in [0.15, 0.2) is 73.1 Å². The molecule has 5 N–H and O–H groups in total. The first-order chi connectivity index (χ1) is 17.0. The molecular weight excluding hydrogens is 442 g/mol. The van der Waals surface area contributed by atoms with Crippen LogP contribution in [0.4, 0.5) is 5.95 Å². The van der Waals surface area contributed by atoms with Crippen LogP contribution in [0.2, 0.25) is 0 Å². The predicted molar refractivity (Wildman–Crippen MR) is 135 cm³/mol. The number of amides is 1. The lowest BCUT2D eigenvalue weighted by atomic mass is 10.0. The molecule has 0 saturated heterocycles. The molecule has 8 heteroatoms. The molecule has 0 fully saturated rings. The molecule has 1 amide bonds. The molecule has 0 saturated carbocycles. The minimum absolute atomic E-state index is 0.113. The van der Waals surface area contributed by atoms with E-state index < -0.39 is 6.04 Å². The van der Waals surface area contributed by atoms with E-state index in [0.717, 1.165) is 27.8 Å². The summed E-state index contributed by atoms with van der Waals surface area (Å²) in [5.41, 5.74) is 5.41. The number of H-pyrrole nitrogens is 1. The lowest BCUT2D eigenvalue weighted by Gasteiger charge is -2.17. The van der Waals surface area contributed by atoms with Crippen molar-refractivity contribution < 1.29 is 15.0 Å². The number of carbonyl (C=O) groups is 1. The van der Waals surface area contributed by atoms with E-state index in [2.05, 4.69) is 25.6 Å². The normalized spacial score (nSPS) is 12.7. The molecule has 2 atom stereocenters. The summed E-state index contributed by atoms with van der Waals surface area (Å²) in [6.45, 7) is 3.53. The van der Waals surface area contributed by atoms with Crippen LogP contribution in [0.3, 0.4) is 0 Å². The van der Waals surface area contributed by atoms with Gasteiger partial charge < -0.3 is 25.8 Å². The maximum atomic E-state index is 12.9. The summed E-state index contributed by atoms with van der Waals surface area (Å²) in [4.78, 5) is 24.9. The van der Waals surface area contributed by atoms with E-state index in [1.54, 1.807) is 18.5 Å². The summed E-state index contributed by atoms with van der Waals surface area (Å²) in [6, 6.07) is 18.1. The Labute approximate surface area is 204 Å². The second-order valence-corrected chi connectivity index (χ2v) is 8.44. The summed E-state index contributed by atoms with van der Waals surface area (Å²) in [5.74, 6) is 0.0479. The number of rotatable bonds is 9. The van der Waals surface area contributed by atoms with E-state index in [-0.39, 0.29) is 25.2 Å². The lowest BCUT2D eigenvalue weighted by molar-refractivity contribution is 0.0911. The van der Waals surface area contributed by atoms with Crippen molar-refractivity contribution in [2.75, 3.05) is 18.5 Å². The summed E-state index contributed by atoms with van der Waals surface area (Å²) in [5, 5.41) is 25.7. The van der Waals surface area contributed by atoms with Gasteiger partial charge in [-0.1, -0.05) is 60.2 Å². The standard InChI is InChI=1S/C27H29N5O3/c1-17-7-6-10-20(11-17)24(16-34)30-26(35)22-12-21(14-28-22)25-18(2)13-29-27(32-25)31-23(15-33)19-8-4-3-5-9-19/h3-14,23-24,28,33-34H,15-16H2,1-2H3,(H,30,35)(H,29,31,32). The number of nitrogens with zero attached hydrogens (tertiary/aromatic N) is 2. The molecule has 4 rings (SSSR count). The Morgan fingerprint density at radius 2 is 1.71 bits per heavy atom. The van der Waals surface area contributed by atoms with Gasteiger partial charge in [-0.05, 0) is 36.6 Å².